The van der Waals surface area contributed by atoms with Gasteiger partial charge in [0, 0.05) is 43.3 Å². The third-order valence-electron chi connectivity index (χ3n) is 6.19. The zero-order valence-electron chi connectivity index (χ0n) is 18.1. The van der Waals surface area contributed by atoms with Crippen LogP contribution in [-0.4, -0.2) is 51.3 Å². The maximum atomic E-state index is 13.6. The molecular weight excluding hydrogens is 475 g/mol. The van der Waals surface area contributed by atoms with E-state index in [-0.39, 0.29) is 11.7 Å². The minimum atomic E-state index is -0.274. The summed E-state index contributed by atoms with van der Waals surface area (Å²) in [5, 5.41) is 0.689. The van der Waals surface area contributed by atoms with Crippen LogP contribution in [0.1, 0.15) is 16.2 Å². The second kappa shape index (κ2) is 8.54. The third kappa shape index (κ3) is 3.77. The lowest BCUT2D eigenvalue weighted by Gasteiger charge is -2.34. The normalized spacial score (nSPS) is 14.9. The topological polar surface area (TPSA) is 54.0 Å². The first-order valence-corrected chi connectivity index (χ1v) is 12.2. The number of aromatic nitrogens is 2. The predicted molar refractivity (Wildman–Crippen MR) is 131 cm³/mol. The monoisotopic (exact) mass is 494 g/mol. The van der Waals surface area contributed by atoms with Gasteiger partial charge in [-0.15, -0.1) is 0 Å². The number of piperazine rings is 1. The van der Waals surface area contributed by atoms with Gasteiger partial charge in [0.2, 0.25) is 0 Å². The van der Waals surface area contributed by atoms with Crippen molar-refractivity contribution in [3.05, 3.63) is 83.2 Å². The fourth-order valence-corrected chi connectivity index (χ4v) is 5.78. The van der Waals surface area contributed by atoms with Crippen molar-refractivity contribution in [2.45, 2.75) is 6.54 Å². The number of halogens is 2. The Labute approximate surface area is 203 Å². The summed E-state index contributed by atoms with van der Waals surface area (Å²) >= 11 is 7.81. The van der Waals surface area contributed by atoms with E-state index < -0.39 is 0 Å². The lowest BCUT2D eigenvalue weighted by atomic mass is 10.1. The fraction of sp³-hybridized carbons (Fsp3) is 0.200. The molecule has 0 radical (unpaired) electrons. The third-order valence-corrected chi connectivity index (χ3v) is 7.43. The molecule has 0 N–H and O–H groups in total. The number of carbonyl (C=O) groups excluding carboxylic acids is 1. The first-order valence-electron chi connectivity index (χ1n) is 11.0. The molecule has 3 aromatic heterocycles. The summed E-state index contributed by atoms with van der Waals surface area (Å²) in [4.78, 5) is 22.6. The van der Waals surface area contributed by atoms with Crippen LogP contribution >= 0.6 is 22.9 Å². The van der Waals surface area contributed by atoms with Crippen LogP contribution in [-0.2, 0) is 6.54 Å². The number of fused-ring (bicyclic) bond motifs is 3. The highest BCUT2D eigenvalue weighted by Gasteiger charge is 2.26. The van der Waals surface area contributed by atoms with Crippen molar-refractivity contribution in [3.63, 3.8) is 0 Å². The highest BCUT2D eigenvalue weighted by atomic mass is 35.5. The predicted octanol–water partition coefficient (Wildman–Crippen LogP) is 5.56. The Bertz CT molecular complexity index is 1490. The Kier molecular flexibility index (Phi) is 5.36. The van der Waals surface area contributed by atoms with Gasteiger partial charge in [0.1, 0.15) is 5.82 Å². The largest absolute Gasteiger partial charge is 0.459 e. The Morgan fingerprint density at radius 2 is 1.88 bits per heavy atom. The van der Waals surface area contributed by atoms with E-state index in [0.717, 1.165) is 45.2 Å². The maximum Gasteiger partial charge on any atom is 0.289 e. The van der Waals surface area contributed by atoms with Gasteiger partial charge in [0.25, 0.3) is 5.91 Å². The second-order valence-corrected chi connectivity index (χ2v) is 9.74. The number of furan rings is 1. The molecule has 0 unspecified atom stereocenters. The molecule has 2 aromatic carbocycles. The maximum absolute atomic E-state index is 13.6. The molecule has 1 amide bonds. The molecule has 9 heteroatoms. The van der Waals surface area contributed by atoms with Gasteiger partial charge < -0.3 is 9.32 Å². The number of hydrogen-bond donors (Lipinski definition) is 0. The lowest BCUT2D eigenvalue weighted by Crippen LogP contribution is -2.48. The van der Waals surface area contributed by atoms with E-state index in [1.54, 1.807) is 35.6 Å². The summed E-state index contributed by atoms with van der Waals surface area (Å²) in [6, 6.07) is 15.7. The van der Waals surface area contributed by atoms with E-state index in [1.807, 2.05) is 23.1 Å². The number of thiazole rings is 1. The molecule has 1 fully saturated rings. The molecule has 6 nitrogen and oxygen atoms in total. The van der Waals surface area contributed by atoms with Gasteiger partial charge in [-0.2, -0.15) is 0 Å². The van der Waals surface area contributed by atoms with Crippen LogP contribution < -0.4 is 0 Å². The molecule has 5 aromatic rings. The Balaban J connectivity index is 1.33. The molecule has 1 saturated heterocycles. The van der Waals surface area contributed by atoms with E-state index >= 15 is 0 Å². The first kappa shape index (κ1) is 21.3. The lowest BCUT2D eigenvalue weighted by molar-refractivity contribution is 0.0596. The molecule has 0 saturated carbocycles. The molecular formula is C25H20ClFN4O2S. The zero-order chi connectivity index (χ0) is 23.2. The molecule has 1 aliphatic rings. The van der Waals surface area contributed by atoms with Crippen molar-refractivity contribution in [1.82, 2.24) is 19.2 Å². The molecule has 0 bridgehead atoms. The van der Waals surface area contributed by atoms with Crippen molar-refractivity contribution in [1.29, 1.82) is 0 Å². The standard InChI is InChI=1S/C25H20ClFN4O2S/c26-17-5-8-19-22(14-17)34-25-28-23(16-3-6-18(27)7-4-16)20(31(19)25)15-29-9-11-30(12-10-29)24(32)21-2-1-13-33-21/h1-8,13-14H,9-12,15H2. The number of rotatable bonds is 4. The van der Waals surface area contributed by atoms with Crippen molar-refractivity contribution < 1.29 is 13.6 Å². The fourth-order valence-electron chi connectivity index (χ4n) is 4.46. The average molecular weight is 495 g/mol. The molecule has 34 heavy (non-hydrogen) atoms. The van der Waals surface area contributed by atoms with E-state index in [2.05, 4.69) is 9.30 Å². The van der Waals surface area contributed by atoms with Gasteiger partial charge in [0.15, 0.2) is 10.7 Å². The number of carbonyl (C=O) groups is 1. The molecule has 172 valence electrons. The van der Waals surface area contributed by atoms with Gasteiger partial charge >= 0.3 is 0 Å². The van der Waals surface area contributed by atoms with Crippen LogP contribution in [0.3, 0.4) is 0 Å². The summed E-state index contributed by atoms with van der Waals surface area (Å²) in [5.74, 6) is 0.0146. The van der Waals surface area contributed by atoms with Crippen LogP contribution in [0.25, 0.3) is 26.4 Å². The Morgan fingerprint density at radius 3 is 2.62 bits per heavy atom. The molecule has 1 aliphatic heterocycles. The van der Waals surface area contributed by atoms with Crippen LogP contribution in [0.2, 0.25) is 5.02 Å². The van der Waals surface area contributed by atoms with Crippen LogP contribution in [0.5, 0.6) is 0 Å². The van der Waals surface area contributed by atoms with E-state index in [9.17, 15) is 9.18 Å². The van der Waals surface area contributed by atoms with Crippen molar-refractivity contribution in [3.8, 4) is 11.3 Å². The summed E-state index contributed by atoms with van der Waals surface area (Å²) in [5.41, 5.74) is 3.81. The highest BCUT2D eigenvalue weighted by molar-refractivity contribution is 7.23. The highest BCUT2D eigenvalue weighted by Crippen LogP contribution is 2.35. The van der Waals surface area contributed by atoms with E-state index in [1.165, 1.54) is 18.4 Å². The summed E-state index contributed by atoms with van der Waals surface area (Å²) < 4.78 is 22.1. The second-order valence-electron chi connectivity index (χ2n) is 8.29. The van der Waals surface area contributed by atoms with Crippen molar-refractivity contribution in [2.24, 2.45) is 0 Å². The minimum absolute atomic E-state index is 0.0795. The Hall–Kier alpha value is -3.20. The van der Waals surface area contributed by atoms with Gasteiger partial charge in [0.05, 0.1) is 27.9 Å². The van der Waals surface area contributed by atoms with Crippen LogP contribution in [0.15, 0.2) is 65.3 Å². The number of hydrogen-bond acceptors (Lipinski definition) is 5. The van der Waals surface area contributed by atoms with Gasteiger partial charge in [-0.05, 0) is 54.6 Å². The van der Waals surface area contributed by atoms with Crippen molar-refractivity contribution >= 4 is 44.0 Å². The summed E-state index contributed by atoms with van der Waals surface area (Å²) in [7, 11) is 0. The van der Waals surface area contributed by atoms with Gasteiger partial charge in [-0.3, -0.25) is 14.1 Å². The number of amides is 1. The summed E-state index contributed by atoms with van der Waals surface area (Å²) in [6.45, 7) is 3.36. The van der Waals surface area contributed by atoms with E-state index in [4.69, 9.17) is 21.0 Å². The number of benzene rings is 2. The van der Waals surface area contributed by atoms with E-state index in [0.29, 0.717) is 30.4 Å². The molecule has 0 spiro atoms. The zero-order valence-corrected chi connectivity index (χ0v) is 19.7. The number of imidazole rings is 1. The van der Waals surface area contributed by atoms with Gasteiger partial charge in [-0.1, -0.05) is 22.9 Å². The first-order chi connectivity index (χ1) is 16.6. The summed E-state index contributed by atoms with van der Waals surface area (Å²) in [6.07, 6.45) is 1.52. The Morgan fingerprint density at radius 1 is 1.09 bits per heavy atom. The molecule has 6 rings (SSSR count). The quantitative estimate of drug-likeness (QED) is 0.328. The molecule has 4 heterocycles. The van der Waals surface area contributed by atoms with Crippen LogP contribution in [0.4, 0.5) is 4.39 Å². The van der Waals surface area contributed by atoms with Crippen LogP contribution in [0, 0.1) is 5.82 Å². The number of nitrogens with zero attached hydrogens (tertiary/aromatic N) is 4. The van der Waals surface area contributed by atoms with Gasteiger partial charge in [-0.25, -0.2) is 9.37 Å². The minimum Gasteiger partial charge on any atom is -0.459 e. The molecule has 0 atom stereocenters. The average Bonchev–Trinajstić information content (AvgIpc) is 3.56. The smallest absolute Gasteiger partial charge is 0.289 e. The molecule has 0 aliphatic carbocycles. The SMILES string of the molecule is O=C(c1ccco1)N1CCN(Cc2c(-c3ccc(F)cc3)nc3sc4cc(Cl)ccc4n23)CC1. The van der Waals surface area contributed by atoms with Crippen molar-refractivity contribution in [2.75, 3.05) is 26.2 Å².